The number of thiophene rings is 1. The smallest absolute Gasteiger partial charge is 0.222 e. The first-order valence-corrected chi connectivity index (χ1v) is 9.77. The van der Waals surface area contributed by atoms with Crippen LogP contribution in [-0.4, -0.2) is 61.4 Å². The van der Waals surface area contributed by atoms with Gasteiger partial charge in [-0.2, -0.15) is 0 Å². The van der Waals surface area contributed by atoms with Crippen molar-refractivity contribution in [1.29, 1.82) is 0 Å². The summed E-state index contributed by atoms with van der Waals surface area (Å²) in [4.78, 5) is 21.9. The molecule has 0 spiro atoms. The molecule has 0 bridgehead atoms. The van der Waals surface area contributed by atoms with Crippen LogP contribution in [-0.2, 0) is 11.2 Å². The first kappa shape index (κ1) is 22.2. The molecule has 0 saturated carbocycles. The number of amides is 1. The van der Waals surface area contributed by atoms with E-state index in [-0.39, 0.29) is 24.0 Å². The van der Waals surface area contributed by atoms with E-state index in [0.717, 1.165) is 57.7 Å². The second-order valence-corrected chi connectivity index (χ2v) is 7.30. The molecular formula is C18H31IN4OS. The Hall–Kier alpha value is -0.830. The molecule has 1 aromatic rings. The third kappa shape index (κ3) is 6.77. The second-order valence-electron chi connectivity index (χ2n) is 6.27. The standard InChI is InChI=1S/C18H30N4OS.HI/c1-4-15(22-12-5-8-17(22)23)9-11-20-18(19-2)21(3)13-10-16-7-6-14-24-16;/h6-7,14-15H,4-5,8-13H2,1-3H3,(H,19,20);1H. The van der Waals surface area contributed by atoms with E-state index >= 15 is 0 Å². The molecule has 25 heavy (non-hydrogen) atoms. The number of likely N-dealkylation sites (N-methyl/N-ethyl adjacent to an activating group) is 1. The van der Waals surface area contributed by atoms with Gasteiger partial charge in [-0.05, 0) is 37.1 Å². The summed E-state index contributed by atoms with van der Waals surface area (Å²) in [5.74, 6) is 1.24. The number of hydrogen-bond donors (Lipinski definition) is 1. The number of likely N-dealkylation sites (tertiary alicyclic amines) is 1. The van der Waals surface area contributed by atoms with Crippen LogP contribution in [0.1, 0.15) is 37.5 Å². The number of guanidine groups is 1. The van der Waals surface area contributed by atoms with Gasteiger partial charge in [0.25, 0.3) is 0 Å². The molecule has 1 fully saturated rings. The first-order chi connectivity index (χ1) is 11.7. The number of halogens is 1. The van der Waals surface area contributed by atoms with E-state index in [0.29, 0.717) is 11.9 Å². The molecule has 2 heterocycles. The van der Waals surface area contributed by atoms with Crippen molar-refractivity contribution in [2.75, 3.05) is 33.7 Å². The summed E-state index contributed by atoms with van der Waals surface area (Å²) in [6, 6.07) is 4.62. The van der Waals surface area contributed by atoms with Gasteiger partial charge < -0.3 is 15.1 Å². The first-order valence-electron chi connectivity index (χ1n) is 8.89. The Morgan fingerprint density at radius 3 is 2.88 bits per heavy atom. The summed E-state index contributed by atoms with van der Waals surface area (Å²) in [7, 11) is 3.90. The van der Waals surface area contributed by atoms with Crippen molar-refractivity contribution in [3.05, 3.63) is 22.4 Å². The van der Waals surface area contributed by atoms with Crippen LogP contribution in [0, 0.1) is 0 Å². The van der Waals surface area contributed by atoms with Gasteiger partial charge in [0.05, 0.1) is 0 Å². The van der Waals surface area contributed by atoms with Gasteiger partial charge >= 0.3 is 0 Å². The highest BCUT2D eigenvalue weighted by atomic mass is 127. The minimum Gasteiger partial charge on any atom is -0.356 e. The lowest BCUT2D eigenvalue weighted by Gasteiger charge is -2.28. The Bertz CT molecular complexity index is 535. The average Bonchev–Trinajstić information content (AvgIpc) is 3.25. The van der Waals surface area contributed by atoms with Crippen LogP contribution in [0.15, 0.2) is 22.5 Å². The third-order valence-electron chi connectivity index (χ3n) is 4.63. The Morgan fingerprint density at radius 2 is 2.32 bits per heavy atom. The lowest BCUT2D eigenvalue weighted by atomic mass is 10.1. The number of aliphatic imine (C=N–C) groups is 1. The molecule has 7 heteroatoms. The summed E-state index contributed by atoms with van der Waals surface area (Å²) in [6.45, 7) is 4.88. The SMILES string of the molecule is CCC(CCNC(=NC)N(C)CCc1cccs1)N1CCCC1=O.I. The second kappa shape index (κ2) is 11.7. The number of nitrogens with one attached hydrogen (secondary N) is 1. The van der Waals surface area contributed by atoms with E-state index in [1.54, 1.807) is 11.3 Å². The Balaban J connectivity index is 0.00000312. The summed E-state index contributed by atoms with van der Waals surface area (Å²) in [5.41, 5.74) is 0. The van der Waals surface area contributed by atoms with Crippen molar-refractivity contribution in [3.8, 4) is 0 Å². The summed E-state index contributed by atoms with van der Waals surface area (Å²) < 4.78 is 0. The molecule has 142 valence electrons. The number of nitrogens with zero attached hydrogens (tertiary/aromatic N) is 3. The minimum atomic E-state index is 0. The maximum Gasteiger partial charge on any atom is 0.222 e. The van der Waals surface area contributed by atoms with E-state index in [1.807, 2.05) is 7.05 Å². The lowest BCUT2D eigenvalue weighted by Crippen LogP contribution is -2.43. The molecule has 1 aliphatic rings. The number of hydrogen-bond acceptors (Lipinski definition) is 3. The quantitative estimate of drug-likeness (QED) is 0.355. The van der Waals surface area contributed by atoms with Crippen molar-refractivity contribution < 1.29 is 4.79 Å². The number of rotatable bonds is 8. The van der Waals surface area contributed by atoms with Crippen LogP contribution < -0.4 is 5.32 Å². The van der Waals surface area contributed by atoms with Crippen LogP contribution in [0.25, 0.3) is 0 Å². The highest BCUT2D eigenvalue weighted by molar-refractivity contribution is 14.0. The largest absolute Gasteiger partial charge is 0.356 e. The topological polar surface area (TPSA) is 47.9 Å². The van der Waals surface area contributed by atoms with Gasteiger partial charge in [0.2, 0.25) is 5.91 Å². The van der Waals surface area contributed by atoms with E-state index in [4.69, 9.17) is 0 Å². The fourth-order valence-corrected chi connectivity index (χ4v) is 3.91. The van der Waals surface area contributed by atoms with E-state index < -0.39 is 0 Å². The van der Waals surface area contributed by atoms with Gasteiger partial charge in [-0.25, -0.2) is 0 Å². The minimum absolute atomic E-state index is 0. The molecule has 1 atom stereocenters. The molecule has 0 aliphatic carbocycles. The van der Waals surface area contributed by atoms with Crippen LogP contribution in [0.4, 0.5) is 0 Å². The Morgan fingerprint density at radius 1 is 1.52 bits per heavy atom. The molecule has 1 aromatic heterocycles. The molecule has 5 nitrogen and oxygen atoms in total. The van der Waals surface area contributed by atoms with Gasteiger partial charge in [0.15, 0.2) is 5.96 Å². The number of carbonyl (C=O) groups is 1. The molecule has 2 rings (SSSR count). The van der Waals surface area contributed by atoms with Crippen molar-refractivity contribution >= 4 is 47.2 Å². The van der Waals surface area contributed by atoms with E-state index in [2.05, 4.69) is 51.6 Å². The molecule has 1 N–H and O–H groups in total. The average molecular weight is 478 g/mol. The van der Waals surface area contributed by atoms with Crippen LogP contribution in [0.5, 0.6) is 0 Å². The zero-order valence-electron chi connectivity index (χ0n) is 15.5. The normalized spacial score (nSPS) is 15.9. The molecule has 1 aliphatic heterocycles. The molecule has 1 saturated heterocycles. The molecule has 1 amide bonds. The molecule has 0 radical (unpaired) electrons. The van der Waals surface area contributed by atoms with Crippen LogP contribution in [0.3, 0.4) is 0 Å². The summed E-state index contributed by atoms with van der Waals surface area (Å²) >= 11 is 1.80. The highest BCUT2D eigenvalue weighted by Crippen LogP contribution is 2.17. The van der Waals surface area contributed by atoms with Crippen LogP contribution >= 0.6 is 35.3 Å². The fraction of sp³-hybridized carbons (Fsp3) is 0.667. The van der Waals surface area contributed by atoms with E-state index in [9.17, 15) is 4.79 Å². The summed E-state index contributed by atoms with van der Waals surface area (Å²) in [6.07, 6.45) is 4.75. The third-order valence-corrected chi connectivity index (χ3v) is 5.57. The monoisotopic (exact) mass is 478 g/mol. The van der Waals surface area contributed by atoms with Gasteiger partial charge in [-0.15, -0.1) is 35.3 Å². The van der Waals surface area contributed by atoms with Crippen LogP contribution in [0.2, 0.25) is 0 Å². The Kier molecular flexibility index (Phi) is 10.4. The van der Waals surface area contributed by atoms with Gasteiger partial charge in [0.1, 0.15) is 0 Å². The number of carbonyl (C=O) groups excluding carboxylic acids is 1. The zero-order chi connectivity index (χ0) is 17.4. The predicted molar refractivity (Wildman–Crippen MR) is 117 cm³/mol. The molecule has 1 unspecified atom stereocenters. The lowest BCUT2D eigenvalue weighted by molar-refractivity contribution is -0.129. The molecule has 0 aromatic carbocycles. The van der Waals surface area contributed by atoms with Crippen molar-refractivity contribution in [1.82, 2.24) is 15.1 Å². The van der Waals surface area contributed by atoms with E-state index in [1.165, 1.54) is 4.88 Å². The highest BCUT2D eigenvalue weighted by Gasteiger charge is 2.26. The molecular weight excluding hydrogens is 447 g/mol. The van der Waals surface area contributed by atoms with Crippen molar-refractivity contribution in [3.63, 3.8) is 0 Å². The van der Waals surface area contributed by atoms with Crippen molar-refractivity contribution in [2.45, 2.75) is 45.1 Å². The fourth-order valence-electron chi connectivity index (χ4n) is 3.21. The predicted octanol–water partition coefficient (Wildman–Crippen LogP) is 3.21. The van der Waals surface area contributed by atoms with Gasteiger partial charge in [-0.3, -0.25) is 9.79 Å². The van der Waals surface area contributed by atoms with Gasteiger partial charge in [0, 0.05) is 51.1 Å². The maximum absolute atomic E-state index is 11.9. The zero-order valence-corrected chi connectivity index (χ0v) is 18.7. The summed E-state index contributed by atoms with van der Waals surface area (Å²) in [5, 5.41) is 5.56. The van der Waals surface area contributed by atoms with Gasteiger partial charge in [-0.1, -0.05) is 13.0 Å². The van der Waals surface area contributed by atoms with Crippen molar-refractivity contribution in [2.24, 2.45) is 4.99 Å². The maximum atomic E-state index is 11.9. The Labute approximate surface area is 172 Å².